The van der Waals surface area contributed by atoms with Crippen molar-refractivity contribution >= 4 is 15.9 Å². The fourth-order valence-electron chi connectivity index (χ4n) is 4.33. The highest BCUT2D eigenvalue weighted by Crippen LogP contribution is 2.26. The van der Waals surface area contributed by atoms with E-state index in [2.05, 4.69) is 12.2 Å². The summed E-state index contributed by atoms with van der Waals surface area (Å²) in [4.78, 5) is 12.4. The van der Waals surface area contributed by atoms with Crippen LogP contribution in [0.2, 0.25) is 0 Å². The van der Waals surface area contributed by atoms with E-state index in [9.17, 15) is 13.2 Å². The maximum atomic E-state index is 12.6. The quantitative estimate of drug-likeness (QED) is 0.654. The molecule has 1 N–H and O–H groups in total. The van der Waals surface area contributed by atoms with Crippen LogP contribution in [0.25, 0.3) is 0 Å². The maximum absolute atomic E-state index is 12.6. The van der Waals surface area contributed by atoms with Crippen molar-refractivity contribution in [2.75, 3.05) is 26.2 Å². The molecule has 6 nitrogen and oxygen atoms in total. The van der Waals surface area contributed by atoms with Crippen molar-refractivity contribution in [1.29, 1.82) is 0 Å². The van der Waals surface area contributed by atoms with E-state index >= 15 is 0 Å². The predicted molar refractivity (Wildman–Crippen MR) is 114 cm³/mol. The lowest BCUT2D eigenvalue weighted by Gasteiger charge is -2.31. The zero-order chi connectivity index (χ0) is 20.7. The van der Waals surface area contributed by atoms with Gasteiger partial charge in [-0.05, 0) is 37.2 Å². The second-order valence-corrected chi connectivity index (χ2v) is 10.3. The first-order valence-corrected chi connectivity index (χ1v) is 12.5. The van der Waals surface area contributed by atoms with Gasteiger partial charge in [-0.2, -0.15) is 0 Å². The summed E-state index contributed by atoms with van der Waals surface area (Å²) in [5.41, 5.74) is 0.791. The molecule has 1 amide bonds. The number of piperidine rings is 1. The van der Waals surface area contributed by atoms with Crippen molar-refractivity contribution in [2.24, 2.45) is 11.8 Å². The predicted octanol–water partition coefficient (Wildman–Crippen LogP) is 2.94. The van der Waals surface area contributed by atoms with Crippen molar-refractivity contribution in [1.82, 2.24) is 9.62 Å². The number of carbonyl (C=O) groups excluding carboxylic acids is 1. The number of nitrogens with one attached hydrogen (secondary N) is 1. The summed E-state index contributed by atoms with van der Waals surface area (Å²) in [6, 6.07) is 9.23. The van der Waals surface area contributed by atoms with Gasteiger partial charge in [-0.15, -0.1) is 0 Å². The molecule has 1 saturated carbocycles. The van der Waals surface area contributed by atoms with Crippen LogP contribution in [0, 0.1) is 11.8 Å². The second-order valence-electron chi connectivity index (χ2n) is 8.38. The molecule has 1 saturated heterocycles. The third-order valence-electron chi connectivity index (χ3n) is 6.18. The molecule has 162 valence electrons. The Balaban J connectivity index is 1.36. The van der Waals surface area contributed by atoms with Gasteiger partial charge in [0.15, 0.2) is 0 Å². The Labute approximate surface area is 175 Å². The van der Waals surface area contributed by atoms with E-state index in [-0.39, 0.29) is 17.6 Å². The van der Waals surface area contributed by atoms with E-state index in [4.69, 9.17) is 4.74 Å². The van der Waals surface area contributed by atoms with Crippen LogP contribution in [0.5, 0.6) is 0 Å². The molecule has 3 rings (SSSR count). The van der Waals surface area contributed by atoms with E-state index in [1.807, 2.05) is 30.3 Å². The van der Waals surface area contributed by atoms with Gasteiger partial charge in [0.2, 0.25) is 15.9 Å². The first-order valence-electron chi connectivity index (χ1n) is 10.9. The van der Waals surface area contributed by atoms with Crippen LogP contribution in [0.3, 0.4) is 0 Å². The highest BCUT2D eigenvalue weighted by molar-refractivity contribution is 7.88. The zero-order valence-corrected chi connectivity index (χ0v) is 18.2. The fourth-order valence-corrected chi connectivity index (χ4v) is 5.89. The molecule has 0 spiro atoms. The molecule has 0 radical (unpaired) electrons. The maximum Gasteiger partial charge on any atom is 0.223 e. The number of sulfonamides is 1. The molecule has 2 aliphatic rings. The lowest BCUT2D eigenvalue weighted by Crippen LogP contribution is -2.44. The van der Waals surface area contributed by atoms with Gasteiger partial charge in [0.05, 0.1) is 18.5 Å². The van der Waals surface area contributed by atoms with Gasteiger partial charge in [0.25, 0.3) is 0 Å². The Morgan fingerprint density at radius 2 is 1.79 bits per heavy atom. The number of hydrogen-bond donors (Lipinski definition) is 1. The van der Waals surface area contributed by atoms with Crippen LogP contribution < -0.4 is 5.32 Å². The van der Waals surface area contributed by atoms with Crippen LogP contribution in [0.1, 0.15) is 51.0 Å². The van der Waals surface area contributed by atoms with E-state index in [1.165, 1.54) is 23.6 Å². The zero-order valence-electron chi connectivity index (χ0n) is 17.4. The summed E-state index contributed by atoms with van der Waals surface area (Å²) >= 11 is 0. The van der Waals surface area contributed by atoms with Crippen molar-refractivity contribution in [3.05, 3.63) is 35.9 Å². The van der Waals surface area contributed by atoms with Crippen molar-refractivity contribution in [3.63, 3.8) is 0 Å². The summed E-state index contributed by atoms with van der Waals surface area (Å²) in [6.07, 6.45) is 6.32. The number of ether oxygens (including phenoxy) is 1. The van der Waals surface area contributed by atoms with Crippen LogP contribution in [-0.2, 0) is 25.3 Å². The minimum absolute atomic E-state index is 0.0155. The molecule has 1 heterocycles. The molecule has 2 atom stereocenters. The molecule has 2 fully saturated rings. The third-order valence-corrected chi connectivity index (χ3v) is 8.03. The molecule has 29 heavy (non-hydrogen) atoms. The molecule has 1 aliphatic carbocycles. The van der Waals surface area contributed by atoms with Gasteiger partial charge in [-0.25, -0.2) is 12.7 Å². The second kappa shape index (κ2) is 10.5. The van der Waals surface area contributed by atoms with E-state index in [1.54, 1.807) is 0 Å². The molecular weight excluding hydrogens is 388 g/mol. The smallest absolute Gasteiger partial charge is 0.223 e. The highest BCUT2D eigenvalue weighted by Gasteiger charge is 2.31. The first kappa shape index (κ1) is 22.2. The first-order chi connectivity index (χ1) is 14.0. The van der Waals surface area contributed by atoms with Gasteiger partial charge in [0.1, 0.15) is 0 Å². The number of carbonyl (C=O) groups is 1. The highest BCUT2D eigenvalue weighted by atomic mass is 32.2. The van der Waals surface area contributed by atoms with E-state index in [0.29, 0.717) is 51.1 Å². The SMILES string of the molecule is CC1CCCCC1OCCNC(=O)C1CCN(S(=O)(=O)Cc2ccccc2)CC1. The number of nitrogens with zero attached hydrogens (tertiary/aromatic N) is 1. The van der Waals surface area contributed by atoms with Crippen LogP contribution >= 0.6 is 0 Å². The standard InChI is InChI=1S/C22H34N2O4S/c1-18-7-5-6-10-21(18)28-16-13-23-22(25)20-11-14-24(15-12-20)29(26,27)17-19-8-3-2-4-9-19/h2-4,8-9,18,20-21H,5-7,10-17H2,1H3,(H,23,25). The summed E-state index contributed by atoms with van der Waals surface area (Å²) in [5, 5.41) is 2.97. The lowest BCUT2D eigenvalue weighted by atomic mass is 9.88. The molecule has 0 bridgehead atoms. The normalized spacial score (nSPS) is 24.3. The molecule has 7 heteroatoms. The molecule has 1 aromatic carbocycles. The Morgan fingerprint density at radius 3 is 2.48 bits per heavy atom. The van der Waals surface area contributed by atoms with Crippen molar-refractivity contribution in [2.45, 2.75) is 57.3 Å². The molecule has 1 aromatic rings. The van der Waals surface area contributed by atoms with Crippen molar-refractivity contribution in [3.8, 4) is 0 Å². The third kappa shape index (κ3) is 6.52. The Bertz CT molecular complexity index is 745. The van der Waals surface area contributed by atoms with Gasteiger partial charge >= 0.3 is 0 Å². The van der Waals surface area contributed by atoms with Gasteiger partial charge in [0, 0.05) is 25.6 Å². The summed E-state index contributed by atoms with van der Waals surface area (Å²) in [5.74, 6) is 0.514. The summed E-state index contributed by atoms with van der Waals surface area (Å²) in [7, 11) is -3.34. The molecule has 0 aromatic heterocycles. The average molecular weight is 423 g/mol. The number of hydrogen-bond acceptors (Lipinski definition) is 4. The van der Waals surface area contributed by atoms with Gasteiger partial charge < -0.3 is 10.1 Å². The topological polar surface area (TPSA) is 75.7 Å². The number of amides is 1. The Hall–Kier alpha value is -1.44. The van der Waals surface area contributed by atoms with Crippen LogP contribution in [0.4, 0.5) is 0 Å². The molecular formula is C22H34N2O4S. The Kier molecular flexibility index (Phi) is 8.09. The number of benzene rings is 1. The largest absolute Gasteiger partial charge is 0.376 e. The fraction of sp³-hybridized carbons (Fsp3) is 0.682. The van der Waals surface area contributed by atoms with Gasteiger partial charge in [-0.3, -0.25) is 4.79 Å². The molecule has 1 aliphatic heterocycles. The minimum atomic E-state index is -3.34. The van der Waals surface area contributed by atoms with Crippen LogP contribution in [0.15, 0.2) is 30.3 Å². The number of rotatable bonds is 8. The monoisotopic (exact) mass is 422 g/mol. The summed E-state index contributed by atoms with van der Waals surface area (Å²) < 4.78 is 32.7. The lowest BCUT2D eigenvalue weighted by molar-refractivity contribution is -0.126. The average Bonchev–Trinajstić information content (AvgIpc) is 2.73. The van der Waals surface area contributed by atoms with E-state index in [0.717, 1.165) is 12.0 Å². The van der Waals surface area contributed by atoms with Crippen molar-refractivity contribution < 1.29 is 17.9 Å². The molecule has 2 unspecified atom stereocenters. The van der Waals surface area contributed by atoms with E-state index < -0.39 is 10.0 Å². The van der Waals surface area contributed by atoms with Gasteiger partial charge in [-0.1, -0.05) is 50.1 Å². The summed E-state index contributed by atoms with van der Waals surface area (Å²) in [6.45, 7) is 4.12. The minimum Gasteiger partial charge on any atom is -0.376 e. The Morgan fingerprint density at radius 1 is 1.10 bits per heavy atom. The van der Waals surface area contributed by atoms with Crippen LogP contribution in [-0.4, -0.2) is 51.0 Å².